The lowest BCUT2D eigenvalue weighted by Crippen LogP contribution is -2.40. The Hall–Kier alpha value is -0.670. The number of hydrogen-bond acceptors (Lipinski definition) is 2. The van der Waals surface area contributed by atoms with Crippen LogP contribution in [0.4, 0.5) is 0 Å². The van der Waals surface area contributed by atoms with Crippen LogP contribution in [-0.2, 0) is 0 Å². The molecule has 19 heavy (non-hydrogen) atoms. The van der Waals surface area contributed by atoms with Gasteiger partial charge in [-0.25, -0.2) is 0 Å². The summed E-state index contributed by atoms with van der Waals surface area (Å²) in [7, 11) is 0. The van der Waals surface area contributed by atoms with E-state index >= 15 is 0 Å². The van der Waals surface area contributed by atoms with Crippen LogP contribution in [0.2, 0.25) is 0 Å². The summed E-state index contributed by atoms with van der Waals surface area (Å²) in [6, 6.07) is 7.82. The zero-order valence-electron chi connectivity index (χ0n) is 11.2. The van der Waals surface area contributed by atoms with E-state index in [1.807, 2.05) is 30.5 Å². The monoisotopic (exact) mass is 297 g/mol. The highest BCUT2D eigenvalue weighted by Crippen LogP contribution is 2.24. The number of alkyl halides is 1. The van der Waals surface area contributed by atoms with Crippen molar-refractivity contribution in [3.63, 3.8) is 0 Å². The molecule has 4 heteroatoms. The van der Waals surface area contributed by atoms with Crippen molar-refractivity contribution in [1.29, 1.82) is 0 Å². The van der Waals surface area contributed by atoms with Gasteiger partial charge < -0.3 is 5.32 Å². The highest BCUT2D eigenvalue weighted by molar-refractivity contribution is 7.98. The third-order valence-corrected chi connectivity index (χ3v) is 4.92. The summed E-state index contributed by atoms with van der Waals surface area (Å²) in [6.45, 7) is 0. The Bertz CT molecular complexity index is 438. The van der Waals surface area contributed by atoms with Gasteiger partial charge in [0.15, 0.2) is 0 Å². The van der Waals surface area contributed by atoms with Crippen molar-refractivity contribution >= 4 is 29.3 Å². The zero-order chi connectivity index (χ0) is 13.7. The number of amides is 1. The second-order valence-corrected chi connectivity index (χ2v) is 6.34. The van der Waals surface area contributed by atoms with Gasteiger partial charge in [0.05, 0.1) is 10.9 Å². The molecule has 0 saturated heterocycles. The van der Waals surface area contributed by atoms with Crippen LogP contribution in [0.5, 0.6) is 0 Å². The minimum atomic E-state index is 0.00231. The van der Waals surface area contributed by atoms with E-state index in [4.69, 9.17) is 11.6 Å². The van der Waals surface area contributed by atoms with Crippen LogP contribution in [0.15, 0.2) is 29.2 Å². The molecule has 0 aromatic heterocycles. The predicted molar refractivity (Wildman–Crippen MR) is 82.2 cm³/mol. The first kappa shape index (κ1) is 14.7. The number of hydrogen-bond donors (Lipinski definition) is 1. The van der Waals surface area contributed by atoms with Gasteiger partial charge in [-0.1, -0.05) is 31.4 Å². The molecule has 0 bridgehead atoms. The van der Waals surface area contributed by atoms with Crippen molar-refractivity contribution in [1.82, 2.24) is 5.32 Å². The number of thioether (sulfide) groups is 1. The Morgan fingerprint density at radius 1 is 1.26 bits per heavy atom. The Labute approximate surface area is 124 Å². The molecule has 0 aliphatic heterocycles. The smallest absolute Gasteiger partial charge is 0.252 e. The molecular weight excluding hydrogens is 278 g/mol. The molecule has 1 aliphatic carbocycles. The topological polar surface area (TPSA) is 29.1 Å². The number of rotatable bonds is 3. The van der Waals surface area contributed by atoms with Gasteiger partial charge in [0.25, 0.3) is 5.91 Å². The highest BCUT2D eigenvalue weighted by atomic mass is 35.5. The highest BCUT2D eigenvalue weighted by Gasteiger charge is 2.24. The fraction of sp³-hybridized carbons (Fsp3) is 0.533. The first-order valence-electron chi connectivity index (χ1n) is 6.80. The molecule has 0 radical (unpaired) electrons. The van der Waals surface area contributed by atoms with Gasteiger partial charge in [-0.2, -0.15) is 0 Å². The van der Waals surface area contributed by atoms with Crippen LogP contribution < -0.4 is 5.32 Å². The number of carbonyl (C=O) groups excluding carboxylic acids is 1. The van der Waals surface area contributed by atoms with E-state index in [2.05, 4.69) is 5.32 Å². The second-order valence-electron chi connectivity index (χ2n) is 4.93. The molecule has 2 rings (SSSR count). The van der Waals surface area contributed by atoms with Gasteiger partial charge >= 0.3 is 0 Å². The minimum Gasteiger partial charge on any atom is -0.348 e. The Balaban J connectivity index is 2.07. The summed E-state index contributed by atoms with van der Waals surface area (Å²) < 4.78 is 0. The summed E-state index contributed by atoms with van der Waals surface area (Å²) in [5.74, 6) is 0.00231. The van der Waals surface area contributed by atoms with Crippen LogP contribution >= 0.6 is 23.4 Å². The number of carbonyl (C=O) groups is 1. The molecule has 104 valence electrons. The van der Waals surface area contributed by atoms with Gasteiger partial charge in [-0.15, -0.1) is 23.4 Å². The van der Waals surface area contributed by atoms with Crippen LogP contribution in [0.25, 0.3) is 0 Å². The molecular formula is C15H20ClNOS. The van der Waals surface area contributed by atoms with Crippen LogP contribution in [-0.4, -0.2) is 23.6 Å². The molecule has 2 unspecified atom stereocenters. The maximum Gasteiger partial charge on any atom is 0.252 e. The maximum atomic E-state index is 12.4. The van der Waals surface area contributed by atoms with E-state index in [0.29, 0.717) is 0 Å². The van der Waals surface area contributed by atoms with Crippen molar-refractivity contribution in [2.24, 2.45) is 0 Å². The van der Waals surface area contributed by atoms with Gasteiger partial charge in [0.1, 0.15) is 0 Å². The van der Waals surface area contributed by atoms with Crippen molar-refractivity contribution in [2.45, 2.75) is 48.4 Å². The first-order valence-corrected chi connectivity index (χ1v) is 8.46. The zero-order valence-corrected chi connectivity index (χ0v) is 12.8. The van der Waals surface area contributed by atoms with Crippen molar-refractivity contribution < 1.29 is 4.79 Å². The molecule has 1 aromatic rings. The summed E-state index contributed by atoms with van der Waals surface area (Å²) in [4.78, 5) is 13.4. The van der Waals surface area contributed by atoms with Gasteiger partial charge in [0.2, 0.25) is 0 Å². The van der Waals surface area contributed by atoms with Crippen LogP contribution in [0.1, 0.15) is 42.5 Å². The normalized spacial score (nSPS) is 23.7. The molecule has 0 heterocycles. The summed E-state index contributed by atoms with van der Waals surface area (Å²) in [6.07, 6.45) is 7.51. The standard InChI is InChI=1S/C15H20ClNOS/c1-19-14-10-6-5-7-11(14)15(18)17-13-9-4-2-3-8-12(13)16/h5-7,10,12-13H,2-4,8-9H2,1H3,(H,17,18). The van der Waals surface area contributed by atoms with Gasteiger partial charge in [-0.05, 0) is 31.2 Å². The summed E-state index contributed by atoms with van der Waals surface area (Å²) >= 11 is 7.97. The van der Waals surface area contributed by atoms with Crippen LogP contribution in [0, 0.1) is 0 Å². The molecule has 1 amide bonds. The molecule has 1 N–H and O–H groups in total. The van der Waals surface area contributed by atoms with Gasteiger partial charge in [-0.3, -0.25) is 4.79 Å². The van der Waals surface area contributed by atoms with E-state index in [1.165, 1.54) is 12.8 Å². The van der Waals surface area contributed by atoms with Crippen molar-refractivity contribution in [2.75, 3.05) is 6.26 Å². The molecule has 1 aliphatic rings. The minimum absolute atomic E-state index is 0.00231. The van der Waals surface area contributed by atoms with E-state index in [-0.39, 0.29) is 17.3 Å². The lowest BCUT2D eigenvalue weighted by Gasteiger charge is -2.21. The Morgan fingerprint density at radius 3 is 2.79 bits per heavy atom. The Kier molecular flexibility index (Phi) is 5.59. The average Bonchev–Trinajstić information content (AvgIpc) is 2.64. The lowest BCUT2D eigenvalue weighted by molar-refractivity contribution is 0.0931. The largest absolute Gasteiger partial charge is 0.348 e. The van der Waals surface area contributed by atoms with Crippen molar-refractivity contribution in [3.05, 3.63) is 29.8 Å². The maximum absolute atomic E-state index is 12.4. The molecule has 0 spiro atoms. The molecule has 1 saturated carbocycles. The third kappa shape index (κ3) is 3.90. The van der Waals surface area contributed by atoms with Crippen molar-refractivity contribution in [3.8, 4) is 0 Å². The fourth-order valence-corrected chi connectivity index (χ4v) is 3.44. The number of nitrogens with one attached hydrogen (secondary N) is 1. The number of benzene rings is 1. The van der Waals surface area contributed by atoms with E-state index in [9.17, 15) is 4.79 Å². The average molecular weight is 298 g/mol. The Morgan fingerprint density at radius 2 is 2.00 bits per heavy atom. The van der Waals surface area contributed by atoms with E-state index < -0.39 is 0 Å². The third-order valence-electron chi connectivity index (χ3n) is 3.60. The molecule has 1 fully saturated rings. The molecule has 2 atom stereocenters. The lowest BCUT2D eigenvalue weighted by atomic mass is 10.1. The van der Waals surface area contributed by atoms with E-state index in [1.54, 1.807) is 11.8 Å². The van der Waals surface area contributed by atoms with Gasteiger partial charge in [0, 0.05) is 10.9 Å². The van der Waals surface area contributed by atoms with E-state index in [0.717, 1.165) is 29.7 Å². The first-order chi connectivity index (χ1) is 9.22. The second kappa shape index (κ2) is 7.20. The number of halogens is 1. The van der Waals surface area contributed by atoms with Crippen LogP contribution in [0.3, 0.4) is 0 Å². The quantitative estimate of drug-likeness (QED) is 0.517. The molecule has 2 nitrogen and oxygen atoms in total. The predicted octanol–water partition coefficient (Wildman–Crippen LogP) is 4.08. The fourth-order valence-electron chi connectivity index (χ4n) is 2.50. The molecule has 1 aromatic carbocycles. The summed E-state index contributed by atoms with van der Waals surface area (Å²) in [5, 5.41) is 3.18. The summed E-state index contributed by atoms with van der Waals surface area (Å²) in [5.41, 5.74) is 0.753. The SMILES string of the molecule is CSc1ccccc1C(=O)NC1CCCCCC1Cl.